The highest BCUT2D eigenvalue weighted by Crippen LogP contribution is 2.50. The summed E-state index contributed by atoms with van der Waals surface area (Å²) in [4.78, 5) is 7.74. The zero-order valence-corrected chi connectivity index (χ0v) is 31.5. The highest BCUT2D eigenvalue weighted by molar-refractivity contribution is 6.32. The third-order valence-corrected chi connectivity index (χ3v) is 10.3. The fourth-order valence-corrected chi connectivity index (χ4v) is 7.14. The molecule has 6 aromatic rings. The number of aliphatic hydroxyl groups is 3. The van der Waals surface area contributed by atoms with Crippen LogP contribution in [-0.2, 0) is 22.4 Å². The summed E-state index contributed by atoms with van der Waals surface area (Å²) in [6.07, 6.45) is -5.57. The van der Waals surface area contributed by atoms with Gasteiger partial charge in [0.05, 0.1) is 57.0 Å². The summed E-state index contributed by atoms with van der Waals surface area (Å²) in [6, 6.07) is 5.74. The summed E-state index contributed by atoms with van der Waals surface area (Å²) in [5.41, 5.74) is -11.5. The maximum Gasteiger partial charge on any atom is 0.435 e. The summed E-state index contributed by atoms with van der Waals surface area (Å²) in [5.74, 6) is -7.49. The molecule has 5 heterocycles. The lowest BCUT2D eigenvalue weighted by atomic mass is 9.86. The standard InChI is InChI=1S/C35H20Cl3F7N10O4/c1-14-51-32(55(52-14)22-4-19(36)10-48-31(22)35(43,44)45)34(54-12-18(9-50-54)21-3-16(7-47)26(38)30(42)28(21)40)33(58,5-23(57)24(13-56)59-34)53-11-17(8-49-53)20-2-15(6-46)25(37)29(41)27(20)39/h2-4,8-12,23-24,56-58H,5,13H2,1H3/t23-,24-,33-,34?/m0/s1. The zero-order valence-electron chi connectivity index (χ0n) is 29.2. The van der Waals surface area contributed by atoms with Crippen molar-refractivity contribution in [1.29, 1.82) is 10.5 Å². The lowest BCUT2D eigenvalue weighted by Crippen LogP contribution is -2.68. The van der Waals surface area contributed by atoms with Gasteiger partial charge >= 0.3 is 6.18 Å². The molecular weight excluding hydrogens is 864 g/mol. The van der Waals surface area contributed by atoms with Crippen LogP contribution in [0.3, 0.4) is 0 Å². The summed E-state index contributed by atoms with van der Waals surface area (Å²) >= 11 is 17.7. The Morgan fingerprint density at radius 2 is 1.42 bits per heavy atom. The van der Waals surface area contributed by atoms with Gasteiger partial charge in [0, 0.05) is 47.3 Å². The molecule has 7 rings (SSSR count). The average molecular weight is 884 g/mol. The number of benzene rings is 2. The highest BCUT2D eigenvalue weighted by atomic mass is 35.5. The van der Waals surface area contributed by atoms with Crippen molar-refractivity contribution in [3.8, 4) is 40.1 Å². The molecule has 2 aromatic carbocycles. The van der Waals surface area contributed by atoms with Crippen molar-refractivity contribution in [1.82, 2.24) is 39.3 Å². The SMILES string of the molecule is Cc1nc(C2(n3cc(-c4cc(C#N)c(Cl)c(F)c4F)cn3)O[C@@H](CO)[C@@H](O)C[C@@]2(O)n2cc(-c3cc(C#N)c(Cl)c(F)c3F)cn2)n(-c2cc(Cl)cnc2C(F)(F)F)n1. The molecule has 304 valence electrons. The number of aryl methyl sites for hydroxylation is 1. The topological polar surface area (TPSA) is 197 Å². The number of nitriles is 2. The fraction of sp³-hybridized carbons (Fsp3) is 0.229. The van der Waals surface area contributed by atoms with Crippen LogP contribution in [0.4, 0.5) is 30.7 Å². The molecule has 1 saturated heterocycles. The van der Waals surface area contributed by atoms with Gasteiger partial charge in [0.25, 0.3) is 5.72 Å². The molecule has 59 heavy (non-hydrogen) atoms. The van der Waals surface area contributed by atoms with Crippen LogP contribution < -0.4 is 0 Å². The van der Waals surface area contributed by atoms with E-state index in [0.29, 0.717) is 20.2 Å². The van der Waals surface area contributed by atoms with E-state index in [2.05, 4.69) is 25.3 Å². The average Bonchev–Trinajstić information content (AvgIpc) is 3.97. The van der Waals surface area contributed by atoms with Gasteiger partial charge in [-0.3, -0.25) is 0 Å². The number of hydrogen-bond donors (Lipinski definition) is 3. The van der Waals surface area contributed by atoms with E-state index in [-0.39, 0.29) is 22.0 Å². The minimum Gasteiger partial charge on any atom is -0.394 e. The van der Waals surface area contributed by atoms with E-state index in [9.17, 15) is 47.8 Å². The first-order chi connectivity index (χ1) is 27.8. The molecule has 0 bridgehead atoms. The molecule has 4 aromatic heterocycles. The predicted octanol–water partition coefficient (Wildman–Crippen LogP) is 6.16. The van der Waals surface area contributed by atoms with Gasteiger partial charge in [0.1, 0.15) is 24.1 Å². The first-order valence-electron chi connectivity index (χ1n) is 16.4. The second-order valence-corrected chi connectivity index (χ2v) is 14.1. The van der Waals surface area contributed by atoms with Crippen LogP contribution in [0.15, 0.2) is 49.2 Å². The first-order valence-corrected chi connectivity index (χ1v) is 17.6. The van der Waals surface area contributed by atoms with Crippen molar-refractivity contribution < 1.29 is 50.8 Å². The number of halogens is 10. The zero-order chi connectivity index (χ0) is 42.9. The molecule has 1 unspecified atom stereocenters. The second kappa shape index (κ2) is 14.9. The Hall–Kier alpha value is -5.65. The summed E-state index contributed by atoms with van der Waals surface area (Å²) in [7, 11) is 0. The van der Waals surface area contributed by atoms with Crippen LogP contribution in [-0.4, -0.2) is 73.4 Å². The Morgan fingerprint density at radius 3 is 1.95 bits per heavy atom. The van der Waals surface area contributed by atoms with E-state index >= 15 is 8.78 Å². The maximum atomic E-state index is 15.5. The lowest BCUT2D eigenvalue weighted by Gasteiger charge is -2.51. The first kappa shape index (κ1) is 41.5. The molecule has 24 heteroatoms. The van der Waals surface area contributed by atoms with E-state index < -0.39 is 116 Å². The molecule has 0 aliphatic carbocycles. The largest absolute Gasteiger partial charge is 0.435 e. The molecular formula is C35H20Cl3F7N10O4. The molecule has 14 nitrogen and oxygen atoms in total. The normalized spacial score (nSPS) is 20.7. The Kier molecular flexibility index (Phi) is 10.5. The van der Waals surface area contributed by atoms with E-state index in [1.165, 1.54) is 6.92 Å². The maximum absolute atomic E-state index is 15.5. The van der Waals surface area contributed by atoms with E-state index in [0.717, 1.165) is 43.0 Å². The lowest BCUT2D eigenvalue weighted by molar-refractivity contribution is -0.338. The third-order valence-electron chi connectivity index (χ3n) is 9.34. The van der Waals surface area contributed by atoms with E-state index in [1.54, 1.807) is 12.1 Å². The summed E-state index contributed by atoms with van der Waals surface area (Å²) in [6.45, 7) is 0.186. The molecule has 1 aliphatic rings. The quantitative estimate of drug-likeness (QED) is 0.123. The number of aromatic nitrogens is 8. The smallest absolute Gasteiger partial charge is 0.394 e. The van der Waals surface area contributed by atoms with Crippen LogP contribution in [0.2, 0.25) is 15.1 Å². The van der Waals surface area contributed by atoms with Gasteiger partial charge in [-0.15, -0.1) is 0 Å². The molecule has 1 fully saturated rings. The molecule has 0 amide bonds. The minimum absolute atomic E-state index is 0.300. The highest BCUT2D eigenvalue weighted by Gasteiger charge is 2.66. The van der Waals surface area contributed by atoms with Crippen molar-refractivity contribution in [2.24, 2.45) is 0 Å². The number of ether oxygens (including phenoxy) is 1. The fourth-order valence-electron chi connectivity index (χ4n) is 6.63. The Bertz CT molecular complexity index is 2770. The van der Waals surface area contributed by atoms with Gasteiger partial charge < -0.3 is 20.1 Å². The minimum atomic E-state index is -5.19. The number of nitrogens with zero attached hydrogens (tertiary/aromatic N) is 10. The Balaban J connectivity index is 1.58. The van der Waals surface area contributed by atoms with Crippen LogP contribution >= 0.6 is 34.8 Å². The summed E-state index contributed by atoms with van der Waals surface area (Å²) < 4.78 is 113. The molecule has 4 atom stereocenters. The second-order valence-electron chi connectivity index (χ2n) is 12.9. The predicted molar refractivity (Wildman–Crippen MR) is 188 cm³/mol. The molecule has 1 aliphatic heterocycles. The monoisotopic (exact) mass is 882 g/mol. The van der Waals surface area contributed by atoms with Crippen molar-refractivity contribution >= 4 is 34.8 Å². The van der Waals surface area contributed by atoms with Gasteiger partial charge in [-0.2, -0.15) is 39.0 Å². The molecule has 0 radical (unpaired) electrons. The summed E-state index contributed by atoms with van der Waals surface area (Å²) in [5, 5.41) is 64.3. The Labute approximate surface area is 340 Å². The number of alkyl halides is 3. The van der Waals surface area contributed by atoms with Gasteiger partial charge in [0.2, 0.25) is 5.72 Å². The number of pyridine rings is 1. The molecule has 0 saturated carbocycles. The van der Waals surface area contributed by atoms with Crippen LogP contribution in [0, 0.1) is 52.9 Å². The van der Waals surface area contributed by atoms with Crippen molar-refractivity contribution in [3.05, 3.63) is 116 Å². The molecule has 0 spiro atoms. The van der Waals surface area contributed by atoms with Gasteiger partial charge in [0.15, 0.2) is 34.8 Å². The van der Waals surface area contributed by atoms with Crippen LogP contribution in [0.1, 0.15) is 34.9 Å². The van der Waals surface area contributed by atoms with Gasteiger partial charge in [-0.1, -0.05) is 34.8 Å². The van der Waals surface area contributed by atoms with Gasteiger partial charge in [-0.25, -0.2) is 41.6 Å². The van der Waals surface area contributed by atoms with Crippen LogP contribution in [0.5, 0.6) is 0 Å². The number of hydrogen-bond acceptors (Lipinski definition) is 11. The Morgan fingerprint density at radius 1 is 0.881 bits per heavy atom. The third kappa shape index (κ3) is 6.55. The molecule has 3 N–H and O–H groups in total. The van der Waals surface area contributed by atoms with E-state index in [1.807, 2.05) is 0 Å². The van der Waals surface area contributed by atoms with Crippen molar-refractivity contribution in [2.75, 3.05) is 6.61 Å². The van der Waals surface area contributed by atoms with E-state index in [4.69, 9.17) is 39.5 Å². The number of rotatable bonds is 7. The van der Waals surface area contributed by atoms with Crippen molar-refractivity contribution in [2.45, 2.75) is 43.2 Å². The van der Waals surface area contributed by atoms with Crippen LogP contribution in [0.25, 0.3) is 27.9 Å². The van der Waals surface area contributed by atoms with Crippen molar-refractivity contribution in [3.63, 3.8) is 0 Å². The van der Waals surface area contributed by atoms with Gasteiger partial charge in [-0.05, 0) is 25.1 Å². The number of aliphatic hydroxyl groups excluding tert-OH is 2.